The summed E-state index contributed by atoms with van der Waals surface area (Å²) < 4.78 is 52.0. The number of nitrogens with one attached hydrogen (secondary N) is 1. The Balaban J connectivity index is 1.45. The molecular weight excluding hydrogens is 578 g/mol. The maximum atomic E-state index is 15.0. The molecule has 1 aliphatic rings. The fourth-order valence-corrected chi connectivity index (χ4v) is 5.93. The average Bonchev–Trinajstić information content (AvgIpc) is 3.37. The van der Waals surface area contributed by atoms with Gasteiger partial charge in [-0.25, -0.2) is 17.8 Å². The molecule has 0 saturated carbocycles. The largest absolute Gasteiger partial charge is 0.455 e. The summed E-state index contributed by atoms with van der Waals surface area (Å²) in [5.41, 5.74) is 1.48. The van der Waals surface area contributed by atoms with Crippen molar-refractivity contribution in [3.05, 3.63) is 82.4 Å². The van der Waals surface area contributed by atoms with Crippen LogP contribution in [0.4, 0.5) is 9.52 Å². The van der Waals surface area contributed by atoms with Crippen LogP contribution in [-0.4, -0.2) is 52.9 Å². The van der Waals surface area contributed by atoms with Crippen molar-refractivity contribution in [2.24, 2.45) is 0 Å². The molecular formula is C24H17Cl2FN4O5S2. The van der Waals surface area contributed by atoms with E-state index in [1.165, 1.54) is 4.90 Å². The minimum atomic E-state index is -4.33. The summed E-state index contributed by atoms with van der Waals surface area (Å²) in [5.74, 6) is -1.22. The monoisotopic (exact) mass is 594 g/mol. The lowest BCUT2D eigenvalue weighted by Crippen LogP contribution is -2.53. The van der Waals surface area contributed by atoms with Gasteiger partial charge in [-0.2, -0.15) is 4.37 Å². The topological polar surface area (TPSA) is 122 Å². The van der Waals surface area contributed by atoms with E-state index in [1.54, 1.807) is 42.5 Å². The van der Waals surface area contributed by atoms with Crippen LogP contribution in [0.3, 0.4) is 0 Å². The number of aliphatic hydroxyl groups is 1. The summed E-state index contributed by atoms with van der Waals surface area (Å²) in [7, 11) is -4.33. The quantitative estimate of drug-likeness (QED) is 0.306. The third-order valence-electron chi connectivity index (χ3n) is 5.59. The number of hydrogen-bond acceptors (Lipinski definition) is 8. The molecule has 9 nitrogen and oxygen atoms in total. The molecule has 0 unspecified atom stereocenters. The highest BCUT2D eigenvalue weighted by Crippen LogP contribution is 2.39. The highest BCUT2D eigenvalue weighted by atomic mass is 35.5. The highest BCUT2D eigenvalue weighted by molar-refractivity contribution is 7.93. The van der Waals surface area contributed by atoms with Gasteiger partial charge in [0.25, 0.3) is 15.9 Å². The highest BCUT2D eigenvalue weighted by Gasteiger charge is 2.29. The summed E-state index contributed by atoms with van der Waals surface area (Å²) in [4.78, 5) is 17.3. The van der Waals surface area contributed by atoms with E-state index in [4.69, 9.17) is 27.9 Å². The number of aromatic nitrogens is 2. The molecule has 1 aromatic heterocycles. The Hall–Kier alpha value is -3.29. The standard InChI is InChI=1S/C24H17Cl2FN4O5S2/c25-15-4-5-20(17(7-15)13-2-1-3-14(6-13)23(33)31-10-16(32)11-31)36-21-9-19(27)22(8-18(21)26)38(34,35)30-24-28-12-29-37-24/h1-9,12,16,32H,10-11H2,(H,28,29,30). The van der Waals surface area contributed by atoms with Crippen LogP contribution in [0.5, 0.6) is 11.5 Å². The number of likely N-dealkylation sites (tertiary alicyclic amines) is 1. The molecule has 1 aliphatic heterocycles. The number of sulfonamides is 1. The van der Waals surface area contributed by atoms with Crippen LogP contribution in [0.2, 0.25) is 10.0 Å². The van der Waals surface area contributed by atoms with Crippen LogP contribution in [0.1, 0.15) is 10.4 Å². The second-order valence-electron chi connectivity index (χ2n) is 8.25. The molecule has 5 rings (SSSR count). The molecule has 0 spiro atoms. The number of β-amino-alcohol motifs (C(OH)–C–C–N with tert-alkyl or cyclic N) is 1. The SMILES string of the molecule is O=C(c1cccc(-c2cc(Cl)ccc2Oc2cc(F)c(S(=O)(=O)Nc3ncns3)cc2Cl)c1)N1CC(O)C1. The van der Waals surface area contributed by atoms with Gasteiger partial charge in [0.15, 0.2) is 0 Å². The Morgan fingerprint density at radius 2 is 1.92 bits per heavy atom. The second-order valence-corrected chi connectivity index (χ2v) is 11.5. The summed E-state index contributed by atoms with van der Waals surface area (Å²) in [5, 5.41) is 9.70. The normalized spacial score (nSPS) is 13.7. The van der Waals surface area contributed by atoms with Crippen molar-refractivity contribution in [3.63, 3.8) is 0 Å². The number of ether oxygens (including phenoxy) is 1. The van der Waals surface area contributed by atoms with Crippen LogP contribution in [0.15, 0.2) is 65.8 Å². The van der Waals surface area contributed by atoms with Crippen molar-refractivity contribution in [2.45, 2.75) is 11.0 Å². The van der Waals surface area contributed by atoms with Gasteiger partial charge in [-0.05, 0) is 42.0 Å². The lowest BCUT2D eigenvalue weighted by atomic mass is 10.0. The maximum absolute atomic E-state index is 15.0. The average molecular weight is 595 g/mol. The summed E-state index contributed by atoms with van der Waals surface area (Å²) in [6.07, 6.45) is 0.634. The Bertz CT molecular complexity index is 1630. The minimum absolute atomic E-state index is 0.0300. The molecule has 1 amide bonds. The predicted octanol–water partition coefficient (Wildman–Crippen LogP) is 5.06. The Labute approximate surface area is 230 Å². The third kappa shape index (κ3) is 5.45. The lowest BCUT2D eigenvalue weighted by molar-refractivity contribution is 0.00590. The molecule has 3 aromatic carbocycles. The molecule has 14 heteroatoms. The molecule has 196 valence electrons. The van der Waals surface area contributed by atoms with Crippen molar-refractivity contribution in [3.8, 4) is 22.6 Å². The summed E-state index contributed by atoms with van der Waals surface area (Å²) in [6, 6.07) is 13.3. The fourth-order valence-electron chi connectivity index (χ4n) is 3.74. The van der Waals surface area contributed by atoms with E-state index in [9.17, 15) is 22.7 Å². The van der Waals surface area contributed by atoms with E-state index in [0.717, 1.165) is 30.0 Å². The minimum Gasteiger partial charge on any atom is -0.455 e. The van der Waals surface area contributed by atoms with Crippen LogP contribution < -0.4 is 9.46 Å². The number of anilines is 1. The molecule has 0 radical (unpaired) electrons. The zero-order valence-electron chi connectivity index (χ0n) is 19.1. The van der Waals surface area contributed by atoms with Crippen LogP contribution in [0, 0.1) is 5.82 Å². The number of hydrogen-bond donors (Lipinski definition) is 2. The Kier molecular flexibility index (Phi) is 7.25. The smallest absolute Gasteiger partial charge is 0.266 e. The first-order chi connectivity index (χ1) is 18.1. The van der Waals surface area contributed by atoms with E-state index < -0.39 is 26.8 Å². The first kappa shape index (κ1) is 26.3. The summed E-state index contributed by atoms with van der Waals surface area (Å²) in [6.45, 7) is 0.529. The third-order valence-corrected chi connectivity index (χ3v) is 8.18. The maximum Gasteiger partial charge on any atom is 0.266 e. The first-order valence-electron chi connectivity index (χ1n) is 10.9. The fraction of sp³-hybridized carbons (Fsp3) is 0.125. The van der Waals surface area contributed by atoms with Gasteiger partial charge in [0.05, 0.1) is 11.1 Å². The first-order valence-corrected chi connectivity index (χ1v) is 14.0. The van der Waals surface area contributed by atoms with Crippen molar-refractivity contribution < 1.29 is 27.4 Å². The number of aliphatic hydroxyl groups excluding tert-OH is 1. The summed E-state index contributed by atoms with van der Waals surface area (Å²) >= 11 is 13.3. The van der Waals surface area contributed by atoms with E-state index >= 15 is 0 Å². The van der Waals surface area contributed by atoms with Crippen molar-refractivity contribution >= 4 is 55.8 Å². The van der Waals surface area contributed by atoms with Crippen molar-refractivity contribution in [1.82, 2.24) is 14.3 Å². The van der Waals surface area contributed by atoms with E-state index in [2.05, 4.69) is 14.1 Å². The lowest BCUT2D eigenvalue weighted by Gasteiger charge is -2.35. The van der Waals surface area contributed by atoms with Gasteiger partial charge in [0.2, 0.25) is 5.13 Å². The molecule has 0 aliphatic carbocycles. The number of benzene rings is 3. The second kappa shape index (κ2) is 10.5. The van der Waals surface area contributed by atoms with Gasteiger partial charge in [-0.1, -0.05) is 35.3 Å². The van der Waals surface area contributed by atoms with E-state index in [0.29, 0.717) is 21.7 Å². The molecule has 1 fully saturated rings. The Morgan fingerprint density at radius 3 is 2.63 bits per heavy atom. The number of nitrogens with zero attached hydrogens (tertiary/aromatic N) is 3. The number of halogens is 3. The molecule has 0 bridgehead atoms. The number of amides is 1. The van der Waals surface area contributed by atoms with Gasteiger partial charge in [-0.15, -0.1) is 0 Å². The number of rotatable bonds is 7. The zero-order valence-corrected chi connectivity index (χ0v) is 22.3. The molecule has 0 atom stereocenters. The predicted molar refractivity (Wildman–Crippen MR) is 141 cm³/mol. The van der Waals surface area contributed by atoms with Gasteiger partial charge < -0.3 is 14.7 Å². The number of carbonyl (C=O) groups excluding carboxylic acids is 1. The van der Waals surface area contributed by atoms with Crippen LogP contribution in [0.25, 0.3) is 11.1 Å². The van der Waals surface area contributed by atoms with Crippen LogP contribution >= 0.6 is 34.7 Å². The number of carbonyl (C=O) groups is 1. The Morgan fingerprint density at radius 1 is 1.13 bits per heavy atom. The zero-order chi connectivity index (χ0) is 27.0. The molecule has 2 heterocycles. The molecule has 2 N–H and O–H groups in total. The van der Waals surface area contributed by atoms with Crippen molar-refractivity contribution in [2.75, 3.05) is 17.8 Å². The van der Waals surface area contributed by atoms with Gasteiger partial charge in [-0.3, -0.25) is 9.52 Å². The van der Waals surface area contributed by atoms with Crippen molar-refractivity contribution in [1.29, 1.82) is 0 Å². The van der Waals surface area contributed by atoms with E-state index in [-0.39, 0.29) is 40.6 Å². The molecule has 38 heavy (non-hydrogen) atoms. The van der Waals surface area contributed by atoms with Gasteiger partial charge in [0, 0.05) is 46.8 Å². The van der Waals surface area contributed by atoms with E-state index in [1.807, 2.05) is 0 Å². The van der Waals surface area contributed by atoms with Crippen LogP contribution in [-0.2, 0) is 10.0 Å². The van der Waals surface area contributed by atoms with Gasteiger partial charge >= 0.3 is 0 Å². The molecule has 1 saturated heterocycles. The molecule has 4 aromatic rings. The van der Waals surface area contributed by atoms with Gasteiger partial charge in [0.1, 0.15) is 28.5 Å².